The monoisotopic (exact) mass is 370 g/mol. The van der Waals surface area contributed by atoms with Crippen molar-refractivity contribution in [2.75, 3.05) is 5.32 Å². The van der Waals surface area contributed by atoms with Crippen LogP contribution in [0.4, 0.5) is 16.5 Å². The average molecular weight is 370 g/mol. The predicted octanol–water partition coefficient (Wildman–Crippen LogP) is 3.21. The summed E-state index contributed by atoms with van der Waals surface area (Å²) >= 11 is 1.25. The molecule has 0 fully saturated rings. The van der Waals surface area contributed by atoms with Crippen molar-refractivity contribution < 1.29 is 22.9 Å². The standard InChI is InChI=1S/C13H14N4O5S2/c1-7-5-11(16-17-13-14-3-4-23-13)9(12(18)19)6-10(7)15-8(2)24(20,21)22/h3-6,8,15H,1-2H3,(H,18,19)(H,20,21,22). The van der Waals surface area contributed by atoms with E-state index >= 15 is 0 Å². The fraction of sp³-hybridized carbons (Fsp3) is 0.231. The van der Waals surface area contributed by atoms with E-state index in [-0.39, 0.29) is 16.9 Å². The van der Waals surface area contributed by atoms with Crippen LogP contribution < -0.4 is 5.32 Å². The maximum atomic E-state index is 11.4. The predicted molar refractivity (Wildman–Crippen MR) is 89.1 cm³/mol. The van der Waals surface area contributed by atoms with Crippen LogP contribution in [0, 0.1) is 6.92 Å². The summed E-state index contributed by atoms with van der Waals surface area (Å²) in [6.45, 7) is 2.89. The van der Waals surface area contributed by atoms with E-state index in [0.29, 0.717) is 10.7 Å². The van der Waals surface area contributed by atoms with Gasteiger partial charge in [0.2, 0.25) is 5.13 Å². The van der Waals surface area contributed by atoms with Gasteiger partial charge in [-0.15, -0.1) is 21.6 Å². The van der Waals surface area contributed by atoms with Crippen molar-refractivity contribution in [2.24, 2.45) is 10.2 Å². The van der Waals surface area contributed by atoms with Crippen LogP contribution >= 0.6 is 11.3 Å². The highest BCUT2D eigenvalue weighted by molar-refractivity contribution is 7.86. The van der Waals surface area contributed by atoms with E-state index in [4.69, 9.17) is 4.55 Å². The first-order valence-electron chi connectivity index (χ1n) is 6.60. The lowest BCUT2D eigenvalue weighted by Crippen LogP contribution is -2.26. The molecule has 128 valence electrons. The lowest BCUT2D eigenvalue weighted by molar-refractivity contribution is 0.0697. The fourth-order valence-corrected chi connectivity index (χ4v) is 2.49. The fourth-order valence-electron chi connectivity index (χ4n) is 1.76. The van der Waals surface area contributed by atoms with Gasteiger partial charge in [0.25, 0.3) is 10.1 Å². The Labute approximate surface area is 141 Å². The van der Waals surface area contributed by atoms with E-state index in [1.165, 1.54) is 30.4 Å². The highest BCUT2D eigenvalue weighted by Gasteiger charge is 2.20. The normalized spacial score (nSPS) is 13.1. The van der Waals surface area contributed by atoms with Gasteiger partial charge < -0.3 is 10.4 Å². The van der Waals surface area contributed by atoms with E-state index in [9.17, 15) is 18.3 Å². The molecule has 0 bridgehead atoms. The summed E-state index contributed by atoms with van der Waals surface area (Å²) in [4.78, 5) is 15.3. The summed E-state index contributed by atoms with van der Waals surface area (Å²) in [7, 11) is -4.31. The zero-order chi connectivity index (χ0) is 17.9. The molecule has 0 saturated heterocycles. The third-order valence-electron chi connectivity index (χ3n) is 3.04. The zero-order valence-corrected chi connectivity index (χ0v) is 14.3. The molecule has 1 atom stereocenters. The molecule has 24 heavy (non-hydrogen) atoms. The molecule has 0 aliphatic carbocycles. The van der Waals surface area contributed by atoms with Crippen LogP contribution in [-0.4, -0.2) is 34.4 Å². The number of nitrogens with one attached hydrogen (secondary N) is 1. The minimum absolute atomic E-state index is 0.111. The first kappa shape index (κ1) is 18.0. The summed E-state index contributed by atoms with van der Waals surface area (Å²) in [5.74, 6) is -1.24. The Hall–Kier alpha value is -2.37. The number of anilines is 1. The molecular weight excluding hydrogens is 356 g/mol. The molecule has 0 saturated carbocycles. The number of hydrogen-bond acceptors (Lipinski definition) is 8. The molecule has 3 N–H and O–H groups in total. The quantitative estimate of drug-likeness (QED) is 0.523. The third kappa shape index (κ3) is 4.34. The molecule has 0 radical (unpaired) electrons. The average Bonchev–Trinajstić information content (AvgIpc) is 2.99. The first-order chi connectivity index (χ1) is 11.2. The topological polar surface area (TPSA) is 141 Å². The van der Waals surface area contributed by atoms with Gasteiger partial charge in [0.1, 0.15) is 5.69 Å². The summed E-state index contributed by atoms with van der Waals surface area (Å²) in [5.41, 5.74) is 0.750. The Morgan fingerprint density at radius 1 is 1.38 bits per heavy atom. The Balaban J connectivity index is 2.40. The Kier molecular flexibility index (Phi) is 5.26. The molecule has 0 aliphatic rings. The Bertz CT molecular complexity index is 878. The lowest BCUT2D eigenvalue weighted by atomic mass is 10.1. The van der Waals surface area contributed by atoms with E-state index in [1.807, 2.05) is 0 Å². The largest absolute Gasteiger partial charge is 0.478 e. The third-order valence-corrected chi connectivity index (χ3v) is 4.71. The summed E-state index contributed by atoms with van der Waals surface area (Å²) < 4.78 is 31.2. The van der Waals surface area contributed by atoms with Crippen molar-refractivity contribution in [3.63, 3.8) is 0 Å². The smallest absolute Gasteiger partial charge is 0.338 e. The second-order valence-corrected chi connectivity index (χ2v) is 7.42. The number of benzene rings is 1. The molecule has 1 heterocycles. The number of thiazole rings is 1. The van der Waals surface area contributed by atoms with Gasteiger partial charge in [0, 0.05) is 17.3 Å². The van der Waals surface area contributed by atoms with Gasteiger partial charge in [-0.1, -0.05) is 0 Å². The number of rotatable bonds is 6. The molecule has 1 aromatic carbocycles. The van der Waals surface area contributed by atoms with Crippen molar-refractivity contribution in [1.29, 1.82) is 0 Å². The van der Waals surface area contributed by atoms with Gasteiger partial charge in [-0.3, -0.25) is 4.55 Å². The lowest BCUT2D eigenvalue weighted by Gasteiger charge is -2.15. The highest BCUT2D eigenvalue weighted by Crippen LogP contribution is 2.30. The van der Waals surface area contributed by atoms with Gasteiger partial charge >= 0.3 is 5.97 Å². The Morgan fingerprint density at radius 3 is 2.62 bits per heavy atom. The van der Waals surface area contributed by atoms with Crippen molar-refractivity contribution in [3.05, 3.63) is 34.8 Å². The zero-order valence-electron chi connectivity index (χ0n) is 12.7. The minimum atomic E-state index is -4.31. The molecular formula is C13H14N4O5S2. The Morgan fingerprint density at radius 2 is 2.08 bits per heavy atom. The molecule has 2 aromatic rings. The molecule has 2 rings (SSSR count). The number of hydrogen-bond donors (Lipinski definition) is 3. The maximum Gasteiger partial charge on any atom is 0.338 e. The van der Waals surface area contributed by atoms with Gasteiger partial charge in [-0.05, 0) is 31.5 Å². The summed E-state index contributed by atoms with van der Waals surface area (Å²) in [6.07, 6.45) is 1.55. The number of aromatic carboxylic acids is 1. The number of carboxylic acids is 1. The molecule has 0 aliphatic heterocycles. The molecule has 1 unspecified atom stereocenters. The first-order valence-corrected chi connectivity index (χ1v) is 8.99. The van der Waals surface area contributed by atoms with Gasteiger partial charge in [-0.25, -0.2) is 9.78 Å². The van der Waals surface area contributed by atoms with Crippen molar-refractivity contribution in [3.8, 4) is 0 Å². The molecule has 1 aromatic heterocycles. The van der Waals surface area contributed by atoms with E-state index < -0.39 is 21.5 Å². The van der Waals surface area contributed by atoms with E-state index in [0.717, 1.165) is 0 Å². The van der Waals surface area contributed by atoms with Crippen LogP contribution in [0.2, 0.25) is 0 Å². The van der Waals surface area contributed by atoms with Crippen molar-refractivity contribution >= 4 is 43.9 Å². The van der Waals surface area contributed by atoms with Crippen LogP contribution in [0.25, 0.3) is 0 Å². The molecule has 11 heteroatoms. The van der Waals surface area contributed by atoms with Crippen LogP contribution in [0.5, 0.6) is 0 Å². The van der Waals surface area contributed by atoms with Crippen molar-refractivity contribution in [2.45, 2.75) is 19.2 Å². The van der Waals surface area contributed by atoms with E-state index in [2.05, 4.69) is 20.5 Å². The number of azo groups is 1. The van der Waals surface area contributed by atoms with Gasteiger partial charge in [0.05, 0.1) is 5.56 Å². The van der Waals surface area contributed by atoms with Crippen LogP contribution in [0.3, 0.4) is 0 Å². The number of carboxylic acid groups (broad SMARTS) is 1. The number of nitrogens with zero attached hydrogens (tertiary/aromatic N) is 3. The van der Waals surface area contributed by atoms with Gasteiger partial charge in [0.15, 0.2) is 5.37 Å². The number of aromatic nitrogens is 1. The number of carbonyl (C=O) groups is 1. The van der Waals surface area contributed by atoms with Crippen LogP contribution in [0.1, 0.15) is 22.8 Å². The highest BCUT2D eigenvalue weighted by atomic mass is 32.2. The SMILES string of the molecule is Cc1cc(N=Nc2nccs2)c(C(=O)O)cc1NC(C)S(=O)(=O)O. The minimum Gasteiger partial charge on any atom is -0.478 e. The molecule has 0 spiro atoms. The van der Waals surface area contributed by atoms with Crippen LogP contribution in [0.15, 0.2) is 33.9 Å². The second-order valence-electron chi connectivity index (χ2n) is 4.81. The van der Waals surface area contributed by atoms with Crippen molar-refractivity contribution in [1.82, 2.24) is 4.98 Å². The van der Waals surface area contributed by atoms with E-state index in [1.54, 1.807) is 18.5 Å². The second kappa shape index (κ2) is 7.03. The maximum absolute atomic E-state index is 11.4. The number of aryl methyl sites for hydroxylation is 1. The van der Waals surface area contributed by atoms with Gasteiger partial charge in [-0.2, -0.15) is 8.42 Å². The molecule has 0 amide bonds. The van der Waals surface area contributed by atoms with Crippen LogP contribution in [-0.2, 0) is 10.1 Å². The summed E-state index contributed by atoms with van der Waals surface area (Å²) in [6, 6.07) is 2.70. The summed E-state index contributed by atoms with van der Waals surface area (Å²) in [5, 5.41) is 20.4. The molecule has 9 nitrogen and oxygen atoms in total.